The van der Waals surface area contributed by atoms with Gasteiger partial charge in [0.05, 0.1) is 4.90 Å². The van der Waals surface area contributed by atoms with Gasteiger partial charge in [0.1, 0.15) is 5.15 Å². The van der Waals surface area contributed by atoms with Crippen molar-refractivity contribution in [2.45, 2.75) is 4.90 Å². The molecule has 1 N–H and O–H groups in total. The molecule has 6 nitrogen and oxygen atoms in total. The van der Waals surface area contributed by atoms with Crippen molar-refractivity contribution in [2.24, 2.45) is 7.05 Å². The molecule has 2 aromatic heterocycles. The molecule has 0 atom stereocenters. The first kappa shape index (κ1) is 11.9. The Hall–Kier alpha value is -1.60. The Morgan fingerprint density at radius 2 is 2.18 bits per heavy atom. The Balaban J connectivity index is 2.31. The van der Waals surface area contributed by atoms with Crippen LogP contribution in [0.5, 0.6) is 0 Å². The molecule has 0 unspecified atom stereocenters. The fourth-order valence-corrected chi connectivity index (χ4v) is 2.47. The number of rotatable bonds is 3. The van der Waals surface area contributed by atoms with Crippen LogP contribution in [-0.4, -0.2) is 23.2 Å². The average Bonchev–Trinajstić information content (AvgIpc) is 2.63. The third-order valence-electron chi connectivity index (χ3n) is 1.96. The number of aryl methyl sites for hydroxylation is 1. The van der Waals surface area contributed by atoms with E-state index in [1.54, 1.807) is 19.3 Å². The van der Waals surface area contributed by atoms with Crippen molar-refractivity contribution < 1.29 is 8.42 Å². The van der Waals surface area contributed by atoms with E-state index in [1.807, 2.05) is 0 Å². The molecule has 17 heavy (non-hydrogen) atoms. The maximum absolute atomic E-state index is 11.9. The molecule has 2 aromatic rings. The van der Waals surface area contributed by atoms with Gasteiger partial charge in [0, 0.05) is 25.5 Å². The number of hydrogen-bond donors (Lipinski definition) is 1. The highest BCUT2D eigenvalue weighted by Gasteiger charge is 2.15. The molecule has 0 fully saturated rings. The lowest BCUT2D eigenvalue weighted by Gasteiger charge is -2.04. The Bertz CT molecular complexity index is 638. The summed E-state index contributed by atoms with van der Waals surface area (Å²) in [6.07, 6.45) is 2.96. The summed E-state index contributed by atoms with van der Waals surface area (Å²) in [7, 11) is -1.98. The monoisotopic (exact) mass is 272 g/mol. The molecule has 2 rings (SSSR count). The van der Waals surface area contributed by atoms with Crippen LogP contribution in [-0.2, 0) is 17.1 Å². The highest BCUT2D eigenvalue weighted by molar-refractivity contribution is 7.92. The van der Waals surface area contributed by atoms with Crippen molar-refractivity contribution in [3.8, 4) is 0 Å². The van der Waals surface area contributed by atoms with Gasteiger partial charge in [-0.15, -0.1) is 0 Å². The van der Waals surface area contributed by atoms with Crippen LogP contribution in [0.15, 0.2) is 35.5 Å². The van der Waals surface area contributed by atoms with Crippen LogP contribution < -0.4 is 4.72 Å². The molecule has 0 aliphatic carbocycles. The number of hydrogen-bond acceptors (Lipinski definition) is 4. The second-order valence-electron chi connectivity index (χ2n) is 3.29. The van der Waals surface area contributed by atoms with Crippen molar-refractivity contribution >= 4 is 27.4 Å². The van der Waals surface area contributed by atoms with E-state index >= 15 is 0 Å². The van der Waals surface area contributed by atoms with Crippen molar-refractivity contribution in [1.29, 1.82) is 0 Å². The van der Waals surface area contributed by atoms with Crippen LogP contribution in [0.3, 0.4) is 0 Å². The molecule has 2 heterocycles. The Labute approximate surface area is 103 Å². The number of pyridine rings is 1. The molecule has 0 saturated carbocycles. The summed E-state index contributed by atoms with van der Waals surface area (Å²) in [6.45, 7) is 0. The zero-order valence-corrected chi connectivity index (χ0v) is 10.4. The van der Waals surface area contributed by atoms with E-state index in [1.165, 1.54) is 23.0 Å². The van der Waals surface area contributed by atoms with Crippen molar-refractivity contribution in [3.63, 3.8) is 0 Å². The first-order chi connectivity index (χ1) is 7.97. The van der Waals surface area contributed by atoms with Gasteiger partial charge in [-0.2, -0.15) is 5.10 Å². The number of anilines is 1. The third-order valence-corrected chi connectivity index (χ3v) is 3.52. The molecule has 0 aliphatic rings. The van der Waals surface area contributed by atoms with Crippen molar-refractivity contribution in [3.05, 3.63) is 35.7 Å². The molecule has 0 saturated heterocycles. The van der Waals surface area contributed by atoms with Crippen LogP contribution in [0.2, 0.25) is 5.15 Å². The lowest BCUT2D eigenvalue weighted by atomic mass is 10.5. The lowest BCUT2D eigenvalue weighted by Crippen LogP contribution is -2.13. The summed E-state index contributed by atoms with van der Waals surface area (Å²) >= 11 is 5.63. The number of aromatic nitrogens is 3. The van der Waals surface area contributed by atoms with Gasteiger partial charge in [0.2, 0.25) is 0 Å². The lowest BCUT2D eigenvalue weighted by molar-refractivity contribution is 0.600. The fraction of sp³-hybridized carbons (Fsp3) is 0.111. The van der Waals surface area contributed by atoms with Crippen molar-refractivity contribution in [1.82, 2.24) is 14.8 Å². The van der Waals surface area contributed by atoms with Gasteiger partial charge in [-0.05, 0) is 12.1 Å². The Kier molecular flexibility index (Phi) is 3.03. The topological polar surface area (TPSA) is 76.9 Å². The van der Waals surface area contributed by atoms with Crippen LogP contribution >= 0.6 is 11.6 Å². The highest BCUT2D eigenvalue weighted by atomic mass is 35.5. The van der Waals surface area contributed by atoms with Crippen molar-refractivity contribution in [2.75, 3.05) is 4.72 Å². The molecule has 8 heteroatoms. The van der Waals surface area contributed by atoms with E-state index in [0.29, 0.717) is 0 Å². The normalized spacial score (nSPS) is 11.4. The third kappa shape index (κ3) is 2.75. The molecule has 90 valence electrons. The molecule has 0 radical (unpaired) electrons. The summed E-state index contributed by atoms with van der Waals surface area (Å²) < 4.78 is 27.7. The zero-order valence-electron chi connectivity index (χ0n) is 8.83. The summed E-state index contributed by atoms with van der Waals surface area (Å²) in [4.78, 5) is 3.76. The van der Waals surface area contributed by atoms with Crippen LogP contribution in [0.1, 0.15) is 0 Å². The minimum atomic E-state index is -3.67. The smallest absolute Gasteiger partial charge is 0.263 e. The van der Waals surface area contributed by atoms with E-state index in [0.717, 1.165) is 0 Å². The minimum Gasteiger partial charge on any atom is -0.274 e. The standard InChI is InChI=1S/C9H9ClN4O2S/c1-14-5-3-9(12-14)13-17(15,16)7-2-4-11-8(10)6-7/h2-6H,1H3,(H,12,13). The first-order valence-electron chi connectivity index (χ1n) is 4.61. The van der Waals surface area contributed by atoms with Gasteiger partial charge in [-0.3, -0.25) is 9.40 Å². The second kappa shape index (κ2) is 4.34. The molecule has 0 aromatic carbocycles. The predicted molar refractivity (Wildman–Crippen MR) is 63.3 cm³/mol. The molecular formula is C9H9ClN4O2S. The SMILES string of the molecule is Cn1ccc(NS(=O)(=O)c2ccnc(Cl)c2)n1. The van der Waals surface area contributed by atoms with E-state index in [9.17, 15) is 8.42 Å². The van der Waals surface area contributed by atoms with E-state index in [-0.39, 0.29) is 15.9 Å². The highest BCUT2D eigenvalue weighted by Crippen LogP contribution is 2.16. The van der Waals surface area contributed by atoms with E-state index in [4.69, 9.17) is 11.6 Å². The number of nitrogens with zero attached hydrogens (tertiary/aromatic N) is 3. The number of sulfonamides is 1. The molecule has 0 spiro atoms. The van der Waals surface area contributed by atoms with Gasteiger partial charge in [0.25, 0.3) is 10.0 Å². The predicted octanol–water partition coefficient (Wildman–Crippen LogP) is 1.27. The van der Waals surface area contributed by atoms with E-state index < -0.39 is 10.0 Å². The van der Waals surface area contributed by atoms with E-state index in [2.05, 4.69) is 14.8 Å². The van der Waals surface area contributed by atoms with Crippen LogP contribution in [0.25, 0.3) is 0 Å². The summed E-state index contributed by atoms with van der Waals surface area (Å²) in [6, 6.07) is 4.18. The molecule has 0 amide bonds. The Morgan fingerprint density at radius 3 is 2.76 bits per heavy atom. The maximum Gasteiger partial charge on any atom is 0.263 e. The maximum atomic E-state index is 11.9. The van der Waals surface area contributed by atoms with Gasteiger partial charge < -0.3 is 0 Å². The van der Waals surface area contributed by atoms with Gasteiger partial charge in [0.15, 0.2) is 5.82 Å². The second-order valence-corrected chi connectivity index (χ2v) is 5.36. The summed E-state index contributed by atoms with van der Waals surface area (Å²) in [5, 5.41) is 4.04. The van der Waals surface area contributed by atoms with Gasteiger partial charge in [-0.1, -0.05) is 11.6 Å². The van der Waals surface area contributed by atoms with Crippen LogP contribution in [0, 0.1) is 0 Å². The number of halogens is 1. The molecule has 0 aliphatic heterocycles. The largest absolute Gasteiger partial charge is 0.274 e. The average molecular weight is 273 g/mol. The zero-order chi connectivity index (χ0) is 12.5. The summed E-state index contributed by atoms with van der Waals surface area (Å²) in [5.74, 6) is 0.250. The van der Waals surface area contributed by atoms with Gasteiger partial charge >= 0.3 is 0 Å². The Morgan fingerprint density at radius 1 is 1.41 bits per heavy atom. The molecule has 0 bridgehead atoms. The van der Waals surface area contributed by atoms with Crippen LogP contribution in [0.4, 0.5) is 5.82 Å². The minimum absolute atomic E-state index is 0.0446. The summed E-state index contributed by atoms with van der Waals surface area (Å²) in [5.41, 5.74) is 0. The molecular weight excluding hydrogens is 264 g/mol. The first-order valence-corrected chi connectivity index (χ1v) is 6.47. The fourth-order valence-electron chi connectivity index (χ4n) is 1.22. The van der Waals surface area contributed by atoms with Gasteiger partial charge in [-0.25, -0.2) is 13.4 Å². The number of nitrogens with one attached hydrogen (secondary N) is 1. The quantitative estimate of drug-likeness (QED) is 0.854.